The first kappa shape index (κ1) is 26.3. The van der Waals surface area contributed by atoms with Crippen molar-refractivity contribution in [3.05, 3.63) is 72.3 Å². The Kier molecular flexibility index (Phi) is 7.75. The summed E-state index contributed by atoms with van der Waals surface area (Å²) in [5.41, 5.74) is 0.965. The second kappa shape index (κ2) is 11.2. The summed E-state index contributed by atoms with van der Waals surface area (Å²) in [7, 11) is -7.90. The van der Waals surface area contributed by atoms with Crippen LogP contribution in [0.1, 0.15) is 5.56 Å². The van der Waals surface area contributed by atoms with Crippen LogP contribution >= 0.6 is 0 Å². The van der Waals surface area contributed by atoms with Crippen LogP contribution in [-0.2, 0) is 26.5 Å². The van der Waals surface area contributed by atoms with Crippen LogP contribution in [0, 0.1) is 0 Å². The highest BCUT2D eigenvalue weighted by Gasteiger charge is 2.27. The molecule has 202 valence electrons. The minimum absolute atomic E-state index is 0.00674. The van der Waals surface area contributed by atoms with Gasteiger partial charge in [0.15, 0.2) is 23.0 Å². The summed E-state index contributed by atoms with van der Waals surface area (Å²) in [6.45, 7) is 1.41. The zero-order chi connectivity index (χ0) is 26.6. The molecule has 0 aromatic heterocycles. The fraction of sp³-hybridized carbons (Fsp3) is 0.308. The molecule has 0 saturated carbocycles. The summed E-state index contributed by atoms with van der Waals surface area (Å²) in [5.74, 6) is 1.68. The van der Waals surface area contributed by atoms with Gasteiger partial charge in [0, 0.05) is 31.8 Å². The van der Waals surface area contributed by atoms with E-state index in [9.17, 15) is 16.8 Å². The number of hydrogen-bond donors (Lipinski definition) is 1. The lowest BCUT2D eigenvalue weighted by molar-refractivity contribution is 0.171. The first-order chi connectivity index (χ1) is 18.3. The number of benzene rings is 3. The van der Waals surface area contributed by atoms with Gasteiger partial charge in [0.25, 0.3) is 0 Å². The minimum atomic E-state index is -3.97. The fourth-order valence-corrected chi connectivity index (χ4v) is 6.66. The quantitative estimate of drug-likeness (QED) is 0.402. The van der Waals surface area contributed by atoms with E-state index in [1.54, 1.807) is 12.1 Å². The first-order valence-electron chi connectivity index (χ1n) is 12.2. The molecule has 0 unspecified atom stereocenters. The molecule has 2 aliphatic rings. The molecule has 0 bridgehead atoms. The molecule has 0 spiro atoms. The van der Waals surface area contributed by atoms with Crippen molar-refractivity contribution < 1.29 is 35.8 Å². The van der Waals surface area contributed by atoms with Gasteiger partial charge in [-0.1, -0.05) is 30.3 Å². The fourth-order valence-electron chi connectivity index (χ4n) is 4.16. The summed E-state index contributed by atoms with van der Waals surface area (Å²) in [6.07, 6.45) is 0.458. The van der Waals surface area contributed by atoms with Gasteiger partial charge in [0.05, 0.1) is 9.79 Å². The van der Waals surface area contributed by atoms with Crippen LogP contribution in [-0.4, -0.2) is 67.2 Å². The molecule has 3 aromatic rings. The standard InChI is InChI=1S/C26H28N2O8S2/c29-37(30,21-6-8-23-25(18-21)35-16-14-33-23)27-11-13-28(12-10-20-4-2-1-3-5-20)38(31,32)22-7-9-24-26(19-22)36-17-15-34-24/h1-9,18-19,27H,10-17H2. The Morgan fingerprint density at radius 2 is 1.21 bits per heavy atom. The van der Waals surface area contributed by atoms with E-state index < -0.39 is 20.0 Å². The maximum absolute atomic E-state index is 13.6. The molecule has 0 saturated heterocycles. The van der Waals surface area contributed by atoms with Crippen molar-refractivity contribution in [1.82, 2.24) is 9.03 Å². The molecule has 0 aliphatic carbocycles. The van der Waals surface area contributed by atoms with Crippen molar-refractivity contribution in [3.63, 3.8) is 0 Å². The van der Waals surface area contributed by atoms with Crippen molar-refractivity contribution >= 4 is 20.0 Å². The predicted octanol–water partition coefficient (Wildman–Crippen LogP) is 2.44. The maximum atomic E-state index is 13.6. The van der Waals surface area contributed by atoms with Crippen molar-refractivity contribution in [2.45, 2.75) is 16.2 Å². The molecular formula is C26H28N2O8S2. The van der Waals surface area contributed by atoms with Gasteiger partial charge in [0.1, 0.15) is 26.4 Å². The topological polar surface area (TPSA) is 120 Å². The molecule has 1 N–H and O–H groups in total. The maximum Gasteiger partial charge on any atom is 0.243 e. The van der Waals surface area contributed by atoms with E-state index in [2.05, 4.69) is 4.72 Å². The van der Waals surface area contributed by atoms with E-state index in [1.807, 2.05) is 30.3 Å². The van der Waals surface area contributed by atoms with E-state index in [1.165, 1.54) is 28.6 Å². The van der Waals surface area contributed by atoms with Crippen LogP contribution in [0.2, 0.25) is 0 Å². The number of hydrogen-bond acceptors (Lipinski definition) is 8. The van der Waals surface area contributed by atoms with Gasteiger partial charge < -0.3 is 18.9 Å². The lowest BCUT2D eigenvalue weighted by Gasteiger charge is -2.24. The third-order valence-electron chi connectivity index (χ3n) is 6.12. The van der Waals surface area contributed by atoms with Crippen molar-refractivity contribution in [3.8, 4) is 23.0 Å². The Balaban J connectivity index is 1.33. The van der Waals surface area contributed by atoms with E-state index in [0.717, 1.165) is 5.56 Å². The summed E-state index contributed by atoms with van der Waals surface area (Å²) in [6, 6.07) is 18.3. The first-order valence-corrected chi connectivity index (χ1v) is 15.1. The van der Waals surface area contributed by atoms with Crippen LogP contribution in [0.15, 0.2) is 76.5 Å². The lowest BCUT2D eigenvalue weighted by atomic mass is 10.1. The molecule has 38 heavy (non-hydrogen) atoms. The molecule has 2 heterocycles. The average molecular weight is 561 g/mol. The Morgan fingerprint density at radius 3 is 1.84 bits per heavy atom. The van der Waals surface area contributed by atoms with E-state index in [0.29, 0.717) is 55.8 Å². The third kappa shape index (κ3) is 5.88. The number of rotatable bonds is 10. The lowest BCUT2D eigenvalue weighted by Crippen LogP contribution is -2.39. The molecule has 10 nitrogen and oxygen atoms in total. The average Bonchev–Trinajstić information content (AvgIpc) is 2.94. The van der Waals surface area contributed by atoms with Gasteiger partial charge in [-0.25, -0.2) is 21.6 Å². The minimum Gasteiger partial charge on any atom is -0.486 e. The Bertz CT molecular complexity index is 1490. The van der Waals surface area contributed by atoms with Gasteiger partial charge in [-0.05, 0) is 36.2 Å². The van der Waals surface area contributed by atoms with Crippen LogP contribution in [0.5, 0.6) is 23.0 Å². The normalized spacial score (nSPS) is 14.9. The third-order valence-corrected chi connectivity index (χ3v) is 9.47. The molecule has 0 atom stereocenters. The number of ether oxygens (including phenoxy) is 4. The summed E-state index contributed by atoms with van der Waals surface area (Å²) >= 11 is 0. The van der Waals surface area contributed by atoms with Crippen LogP contribution < -0.4 is 23.7 Å². The molecular weight excluding hydrogens is 532 g/mol. The van der Waals surface area contributed by atoms with Gasteiger partial charge in [-0.15, -0.1) is 0 Å². The molecule has 5 rings (SSSR count). The second-order valence-corrected chi connectivity index (χ2v) is 12.4. The number of fused-ring (bicyclic) bond motifs is 2. The molecule has 3 aromatic carbocycles. The highest BCUT2D eigenvalue weighted by molar-refractivity contribution is 7.89. The number of sulfonamides is 2. The largest absolute Gasteiger partial charge is 0.486 e. The van der Waals surface area contributed by atoms with Crippen LogP contribution in [0.3, 0.4) is 0 Å². The number of nitrogens with zero attached hydrogens (tertiary/aromatic N) is 1. The molecule has 0 amide bonds. The Morgan fingerprint density at radius 1 is 0.658 bits per heavy atom. The summed E-state index contributed by atoms with van der Waals surface area (Å²) in [4.78, 5) is 0.0526. The number of nitrogens with one attached hydrogen (secondary N) is 1. The van der Waals surface area contributed by atoms with Gasteiger partial charge in [-0.3, -0.25) is 0 Å². The zero-order valence-electron chi connectivity index (χ0n) is 20.5. The summed E-state index contributed by atoms with van der Waals surface area (Å²) in [5, 5.41) is 0. The second-order valence-electron chi connectivity index (χ2n) is 8.65. The van der Waals surface area contributed by atoms with Crippen LogP contribution in [0.4, 0.5) is 0 Å². The predicted molar refractivity (Wildman–Crippen MR) is 139 cm³/mol. The van der Waals surface area contributed by atoms with E-state index in [4.69, 9.17) is 18.9 Å². The Hall–Kier alpha value is -3.32. The van der Waals surface area contributed by atoms with E-state index >= 15 is 0 Å². The monoisotopic (exact) mass is 560 g/mol. The van der Waals surface area contributed by atoms with Gasteiger partial charge >= 0.3 is 0 Å². The zero-order valence-corrected chi connectivity index (χ0v) is 22.2. The van der Waals surface area contributed by atoms with Crippen molar-refractivity contribution in [2.24, 2.45) is 0 Å². The molecule has 12 heteroatoms. The smallest absolute Gasteiger partial charge is 0.243 e. The highest BCUT2D eigenvalue weighted by Crippen LogP contribution is 2.34. The molecule has 0 fully saturated rings. The molecule has 2 aliphatic heterocycles. The van der Waals surface area contributed by atoms with Gasteiger partial charge in [-0.2, -0.15) is 4.31 Å². The Labute approximate surface area is 222 Å². The van der Waals surface area contributed by atoms with Crippen LogP contribution in [0.25, 0.3) is 0 Å². The van der Waals surface area contributed by atoms with E-state index in [-0.39, 0.29) is 29.4 Å². The highest BCUT2D eigenvalue weighted by atomic mass is 32.2. The molecule has 0 radical (unpaired) electrons. The van der Waals surface area contributed by atoms with Crippen molar-refractivity contribution in [1.29, 1.82) is 0 Å². The SMILES string of the molecule is O=S(=O)(NCCN(CCc1ccccc1)S(=O)(=O)c1ccc2c(c1)OCCO2)c1ccc2c(c1)OCCO2. The summed E-state index contributed by atoms with van der Waals surface area (Å²) < 4.78 is 79.0. The van der Waals surface area contributed by atoms with Crippen molar-refractivity contribution in [2.75, 3.05) is 46.1 Å². The van der Waals surface area contributed by atoms with Gasteiger partial charge in [0.2, 0.25) is 20.0 Å².